The molecule has 0 spiro atoms. The first-order valence-electron chi connectivity index (χ1n) is 4.76. The Balaban J connectivity index is 2.43. The third kappa shape index (κ3) is 0.930. The zero-order chi connectivity index (χ0) is 9.71. The number of aromatic nitrogens is 1. The number of aromatic amines is 1. The van der Waals surface area contributed by atoms with Crippen LogP contribution >= 0.6 is 0 Å². The van der Waals surface area contributed by atoms with Crippen LogP contribution in [0.15, 0.2) is 12.1 Å². The lowest BCUT2D eigenvalue weighted by molar-refractivity contribution is 0.635. The second-order valence-corrected chi connectivity index (χ2v) is 3.85. The largest absolute Gasteiger partial charge is 0.355 e. The molecular formula is C11H11FN2. The average molecular weight is 190 g/mol. The molecule has 3 rings (SSSR count). The summed E-state index contributed by atoms with van der Waals surface area (Å²) in [6.45, 7) is 3.59. The van der Waals surface area contributed by atoms with Crippen LogP contribution in [0.5, 0.6) is 0 Å². The Morgan fingerprint density at radius 1 is 1.29 bits per heavy atom. The Labute approximate surface area is 81.1 Å². The second kappa shape index (κ2) is 2.58. The van der Waals surface area contributed by atoms with Crippen LogP contribution in [0.25, 0.3) is 10.9 Å². The summed E-state index contributed by atoms with van der Waals surface area (Å²) >= 11 is 0. The predicted octanol–water partition coefficient (Wildman–Crippen LogP) is 2.22. The van der Waals surface area contributed by atoms with E-state index in [4.69, 9.17) is 0 Å². The van der Waals surface area contributed by atoms with Gasteiger partial charge in [-0.25, -0.2) is 4.39 Å². The first-order valence-corrected chi connectivity index (χ1v) is 4.76. The Kier molecular flexibility index (Phi) is 1.47. The number of rotatable bonds is 0. The molecule has 1 aromatic carbocycles. The molecule has 0 amide bonds. The number of hydrogen-bond donors (Lipinski definition) is 2. The normalized spacial score (nSPS) is 15.0. The number of halogens is 1. The highest BCUT2D eigenvalue weighted by atomic mass is 19.1. The van der Waals surface area contributed by atoms with Crippen molar-refractivity contribution in [2.75, 3.05) is 0 Å². The van der Waals surface area contributed by atoms with Gasteiger partial charge in [-0.05, 0) is 30.2 Å². The molecule has 1 aliphatic rings. The molecular weight excluding hydrogens is 179 g/mol. The van der Waals surface area contributed by atoms with Gasteiger partial charge in [0.25, 0.3) is 0 Å². The van der Waals surface area contributed by atoms with Crippen LogP contribution in [0, 0.1) is 12.7 Å². The van der Waals surface area contributed by atoms with Gasteiger partial charge < -0.3 is 10.3 Å². The molecule has 0 radical (unpaired) electrons. The van der Waals surface area contributed by atoms with Crippen LogP contribution in [0.1, 0.15) is 16.8 Å². The number of H-pyrrole nitrogens is 1. The maximum atomic E-state index is 13.5. The second-order valence-electron chi connectivity index (χ2n) is 3.85. The van der Waals surface area contributed by atoms with E-state index in [0.29, 0.717) is 5.52 Å². The Morgan fingerprint density at radius 2 is 2.14 bits per heavy atom. The number of nitrogens with one attached hydrogen (secondary N) is 2. The SMILES string of the molecule is Cc1cc(F)c2[nH]c3c(c2c1)CNC3. The van der Waals surface area contributed by atoms with Crippen molar-refractivity contribution in [2.24, 2.45) is 0 Å². The summed E-state index contributed by atoms with van der Waals surface area (Å²) in [7, 11) is 0. The summed E-state index contributed by atoms with van der Waals surface area (Å²) in [5.41, 5.74) is 3.98. The molecule has 0 saturated heterocycles. The molecule has 14 heavy (non-hydrogen) atoms. The minimum atomic E-state index is -0.144. The van der Waals surface area contributed by atoms with Gasteiger partial charge in [-0.2, -0.15) is 0 Å². The topological polar surface area (TPSA) is 27.8 Å². The zero-order valence-electron chi connectivity index (χ0n) is 7.95. The quantitative estimate of drug-likeness (QED) is 0.655. The lowest BCUT2D eigenvalue weighted by Gasteiger charge is -1.98. The Morgan fingerprint density at radius 3 is 3.00 bits per heavy atom. The third-order valence-electron chi connectivity index (χ3n) is 2.80. The van der Waals surface area contributed by atoms with Crippen LogP contribution < -0.4 is 5.32 Å². The minimum absolute atomic E-state index is 0.144. The number of aryl methyl sites for hydroxylation is 1. The van der Waals surface area contributed by atoms with E-state index in [2.05, 4.69) is 10.3 Å². The summed E-state index contributed by atoms with van der Waals surface area (Å²) < 4.78 is 13.5. The van der Waals surface area contributed by atoms with Gasteiger partial charge in [-0.1, -0.05) is 0 Å². The Hall–Kier alpha value is -1.35. The molecule has 2 nitrogen and oxygen atoms in total. The van der Waals surface area contributed by atoms with E-state index >= 15 is 0 Å². The first-order chi connectivity index (χ1) is 6.75. The predicted molar refractivity (Wildman–Crippen MR) is 53.5 cm³/mol. The lowest BCUT2D eigenvalue weighted by Crippen LogP contribution is -2.02. The highest BCUT2D eigenvalue weighted by Gasteiger charge is 2.18. The summed E-state index contributed by atoms with van der Waals surface area (Å²) in [5, 5.41) is 4.28. The van der Waals surface area contributed by atoms with Gasteiger partial charge in [0, 0.05) is 24.2 Å². The fraction of sp³-hybridized carbons (Fsp3) is 0.273. The fourth-order valence-electron chi connectivity index (χ4n) is 2.16. The molecule has 3 heteroatoms. The molecule has 2 heterocycles. The van der Waals surface area contributed by atoms with Crippen LogP contribution in [0.3, 0.4) is 0 Å². The smallest absolute Gasteiger partial charge is 0.147 e. The molecule has 1 aromatic heterocycles. The summed E-state index contributed by atoms with van der Waals surface area (Å²) in [6, 6.07) is 3.61. The fourth-order valence-corrected chi connectivity index (χ4v) is 2.16. The van der Waals surface area contributed by atoms with E-state index in [1.807, 2.05) is 13.0 Å². The molecule has 2 N–H and O–H groups in total. The zero-order valence-corrected chi connectivity index (χ0v) is 7.95. The molecule has 0 aliphatic carbocycles. The van der Waals surface area contributed by atoms with E-state index < -0.39 is 0 Å². The standard InChI is InChI=1S/C11H11FN2/c1-6-2-7-8-4-13-5-10(8)14-11(7)9(12)3-6/h2-3,13-14H,4-5H2,1H3. The van der Waals surface area contributed by atoms with E-state index in [-0.39, 0.29) is 5.82 Å². The third-order valence-corrected chi connectivity index (χ3v) is 2.80. The maximum Gasteiger partial charge on any atom is 0.147 e. The van der Waals surface area contributed by atoms with Crippen LogP contribution in [0.2, 0.25) is 0 Å². The molecule has 0 atom stereocenters. The van der Waals surface area contributed by atoms with Crippen molar-refractivity contribution in [1.29, 1.82) is 0 Å². The highest BCUT2D eigenvalue weighted by Crippen LogP contribution is 2.28. The summed E-state index contributed by atoms with van der Waals surface area (Å²) in [6.07, 6.45) is 0. The van der Waals surface area contributed by atoms with Gasteiger partial charge in [0.15, 0.2) is 0 Å². The summed E-state index contributed by atoms with van der Waals surface area (Å²) in [5.74, 6) is -0.144. The number of hydrogen-bond acceptors (Lipinski definition) is 1. The van der Waals surface area contributed by atoms with E-state index in [0.717, 1.165) is 29.7 Å². The van der Waals surface area contributed by atoms with Crippen molar-refractivity contribution in [3.8, 4) is 0 Å². The molecule has 1 aliphatic heterocycles. The van der Waals surface area contributed by atoms with Gasteiger partial charge in [-0.15, -0.1) is 0 Å². The van der Waals surface area contributed by atoms with Crippen molar-refractivity contribution < 1.29 is 4.39 Å². The molecule has 0 fully saturated rings. The monoisotopic (exact) mass is 190 g/mol. The number of benzene rings is 1. The molecule has 0 unspecified atom stereocenters. The number of fused-ring (bicyclic) bond motifs is 3. The van der Waals surface area contributed by atoms with Gasteiger partial charge in [0.1, 0.15) is 5.82 Å². The van der Waals surface area contributed by atoms with Crippen molar-refractivity contribution in [1.82, 2.24) is 10.3 Å². The van der Waals surface area contributed by atoms with E-state index in [9.17, 15) is 4.39 Å². The van der Waals surface area contributed by atoms with Crippen LogP contribution in [0.4, 0.5) is 4.39 Å². The first kappa shape index (κ1) is 8.00. The van der Waals surface area contributed by atoms with Crippen molar-refractivity contribution >= 4 is 10.9 Å². The molecule has 0 bridgehead atoms. The van der Waals surface area contributed by atoms with Crippen LogP contribution in [-0.4, -0.2) is 4.98 Å². The minimum Gasteiger partial charge on any atom is -0.355 e. The molecule has 0 saturated carbocycles. The molecule has 2 aromatic rings. The Bertz CT molecular complexity index is 513. The van der Waals surface area contributed by atoms with E-state index in [1.54, 1.807) is 6.07 Å². The van der Waals surface area contributed by atoms with Crippen LogP contribution in [-0.2, 0) is 13.1 Å². The lowest BCUT2D eigenvalue weighted by atomic mass is 10.1. The highest BCUT2D eigenvalue weighted by molar-refractivity contribution is 5.86. The van der Waals surface area contributed by atoms with Gasteiger partial charge in [-0.3, -0.25) is 0 Å². The maximum absolute atomic E-state index is 13.5. The average Bonchev–Trinajstić information content (AvgIpc) is 2.65. The van der Waals surface area contributed by atoms with Crippen molar-refractivity contribution in [3.63, 3.8) is 0 Å². The van der Waals surface area contributed by atoms with Gasteiger partial charge in [0.05, 0.1) is 5.52 Å². The van der Waals surface area contributed by atoms with Gasteiger partial charge in [0.2, 0.25) is 0 Å². The van der Waals surface area contributed by atoms with Crippen molar-refractivity contribution in [3.05, 3.63) is 34.8 Å². The summed E-state index contributed by atoms with van der Waals surface area (Å²) in [4.78, 5) is 3.13. The van der Waals surface area contributed by atoms with Gasteiger partial charge >= 0.3 is 0 Å². The van der Waals surface area contributed by atoms with Crippen molar-refractivity contribution in [2.45, 2.75) is 20.0 Å². The molecule has 72 valence electrons. The van der Waals surface area contributed by atoms with E-state index in [1.165, 1.54) is 5.56 Å².